The van der Waals surface area contributed by atoms with Crippen molar-refractivity contribution in [3.8, 4) is 5.69 Å². The second-order valence-corrected chi connectivity index (χ2v) is 9.05. The third-order valence-corrected chi connectivity index (χ3v) is 6.82. The van der Waals surface area contributed by atoms with Crippen molar-refractivity contribution in [3.63, 3.8) is 0 Å². The van der Waals surface area contributed by atoms with E-state index in [0.29, 0.717) is 16.2 Å². The molecule has 2 aromatic rings. The highest BCUT2D eigenvalue weighted by atomic mass is 32.2. The number of carbonyl (C=O) groups excluding carboxylic acids is 1. The number of para-hydroxylation sites is 1. The Morgan fingerprint density at radius 2 is 2.00 bits per heavy atom. The fourth-order valence-corrected chi connectivity index (χ4v) is 5.41. The Morgan fingerprint density at radius 1 is 1.27 bits per heavy atom. The number of hydrogen-bond donors (Lipinski definition) is 0. The van der Waals surface area contributed by atoms with Crippen LogP contribution in [-0.2, 0) is 11.2 Å². The Hall–Kier alpha value is -1.73. The van der Waals surface area contributed by atoms with Gasteiger partial charge in [-0.2, -0.15) is 0 Å². The third kappa shape index (κ3) is 3.42. The summed E-state index contributed by atoms with van der Waals surface area (Å²) in [6.45, 7) is 3.80. The molecule has 0 radical (unpaired) electrons. The van der Waals surface area contributed by atoms with Gasteiger partial charge in [-0.05, 0) is 25.0 Å². The molecule has 1 amide bonds. The van der Waals surface area contributed by atoms with Crippen molar-refractivity contribution in [1.82, 2.24) is 14.5 Å². The van der Waals surface area contributed by atoms with Crippen molar-refractivity contribution < 1.29 is 4.79 Å². The Kier molecular flexibility index (Phi) is 5.09. The van der Waals surface area contributed by atoms with Gasteiger partial charge in [0.2, 0.25) is 5.91 Å². The Balaban J connectivity index is 1.68. The van der Waals surface area contributed by atoms with E-state index in [4.69, 9.17) is 4.98 Å². The first-order chi connectivity index (χ1) is 12.6. The molecule has 1 unspecified atom stereocenters. The van der Waals surface area contributed by atoms with Crippen LogP contribution in [0.15, 0.2) is 45.2 Å². The summed E-state index contributed by atoms with van der Waals surface area (Å²) in [5.74, 6) is 0.449. The van der Waals surface area contributed by atoms with Crippen LogP contribution in [0.25, 0.3) is 5.69 Å². The van der Waals surface area contributed by atoms with Crippen molar-refractivity contribution >= 4 is 29.4 Å². The Labute approximate surface area is 161 Å². The summed E-state index contributed by atoms with van der Waals surface area (Å²) in [5, 5.41) is 0.975. The molecule has 26 heavy (non-hydrogen) atoms. The largest absolute Gasteiger partial charge is 0.342 e. The van der Waals surface area contributed by atoms with E-state index in [9.17, 15) is 9.59 Å². The van der Waals surface area contributed by atoms with Crippen LogP contribution >= 0.6 is 23.5 Å². The zero-order chi connectivity index (χ0) is 18.1. The number of carbonyl (C=O) groups is 1. The van der Waals surface area contributed by atoms with Gasteiger partial charge >= 0.3 is 0 Å². The molecular weight excluding hydrogens is 366 g/mol. The van der Waals surface area contributed by atoms with Gasteiger partial charge in [-0.25, -0.2) is 4.98 Å². The maximum absolute atomic E-state index is 13.1. The number of fused-ring (bicyclic) bond motifs is 1. The number of nitrogens with zero attached hydrogens (tertiary/aromatic N) is 3. The van der Waals surface area contributed by atoms with Gasteiger partial charge in [0.05, 0.1) is 22.0 Å². The minimum absolute atomic E-state index is 0.0216. The van der Waals surface area contributed by atoms with E-state index in [0.717, 1.165) is 48.6 Å². The highest BCUT2D eigenvalue weighted by Gasteiger charge is 2.27. The first-order valence-electron chi connectivity index (χ1n) is 8.92. The van der Waals surface area contributed by atoms with E-state index in [-0.39, 0.29) is 11.5 Å². The first-order valence-corrected chi connectivity index (χ1v) is 10.8. The van der Waals surface area contributed by atoms with Crippen molar-refractivity contribution in [2.45, 2.75) is 41.5 Å². The summed E-state index contributed by atoms with van der Waals surface area (Å²) in [6, 6.07) is 9.56. The lowest BCUT2D eigenvalue weighted by Gasteiger charge is -2.16. The Bertz CT molecular complexity index is 876. The fourth-order valence-electron chi connectivity index (χ4n) is 3.39. The third-order valence-electron chi connectivity index (χ3n) is 4.68. The van der Waals surface area contributed by atoms with Crippen LogP contribution in [0.3, 0.4) is 0 Å². The predicted octanol–water partition coefficient (Wildman–Crippen LogP) is 2.98. The normalized spacial score (nSPS) is 19.0. The minimum atomic E-state index is -0.0216. The van der Waals surface area contributed by atoms with E-state index in [1.54, 1.807) is 16.3 Å². The molecule has 4 rings (SSSR count). The van der Waals surface area contributed by atoms with E-state index >= 15 is 0 Å². The zero-order valence-electron chi connectivity index (χ0n) is 14.7. The van der Waals surface area contributed by atoms with Crippen molar-refractivity contribution in [1.29, 1.82) is 0 Å². The Morgan fingerprint density at radius 3 is 2.73 bits per heavy atom. The summed E-state index contributed by atoms with van der Waals surface area (Å²) in [5.41, 5.74) is 1.64. The fraction of sp³-hybridized carbons (Fsp3) is 0.421. The molecule has 0 saturated carbocycles. The molecule has 2 aliphatic rings. The molecule has 1 aromatic heterocycles. The summed E-state index contributed by atoms with van der Waals surface area (Å²) < 4.78 is 1.66. The van der Waals surface area contributed by atoms with Gasteiger partial charge in [0.1, 0.15) is 0 Å². The highest BCUT2D eigenvalue weighted by molar-refractivity contribution is 8.00. The quantitative estimate of drug-likeness (QED) is 0.596. The standard InChI is InChI=1S/C19H21N3O2S2/c1-13-11-15-17(26-13)18(24)22(14-7-3-2-4-8-14)19(20-15)25-12-16(23)21-9-5-6-10-21/h2-4,7-8,13H,5-6,9-12H2,1H3. The lowest BCUT2D eigenvalue weighted by Crippen LogP contribution is -2.30. The molecule has 0 bridgehead atoms. The molecular formula is C19H21N3O2S2. The van der Waals surface area contributed by atoms with Gasteiger partial charge < -0.3 is 4.90 Å². The van der Waals surface area contributed by atoms with Gasteiger partial charge in [0.15, 0.2) is 5.16 Å². The van der Waals surface area contributed by atoms with Crippen LogP contribution in [0.4, 0.5) is 0 Å². The van der Waals surface area contributed by atoms with Crippen LogP contribution < -0.4 is 5.56 Å². The van der Waals surface area contributed by atoms with E-state index in [1.807, 2.05) is 35.2 Å². The molecule has 7 heteroatoms. The molecule has 136 valence electrons. The molecule has 1 saturated heterocycles. The lowest BCUT2D eigenvalue weighted by atomic mass is 10.2. The number of thioether (sulfide) groups is 2. The van der Waals surface area contributed by atoms with Gasteiger partial charge in [0, 0.05) is 24.8 Å². The number of benzene rings is 1. The smallest absolute Gasteiger partial charge is 0.272 e. The minimum Gasteiger partial charge on any atom is -0.342 e. The SMILES string of the molecule is CC1Cc2nc(SCC(=O)N3CCCC3)n(-c3ccccc3)c(=O)c2S1. The molecule has 3 heterocycles. The molecule has 2 aliphatic heterocycles. The van der Waals surface area contributed by atoms with E-state index < -0.39 is 0 Å². The molecule has 0 aliphatic carbocycles. The monoisotopic (exact) mass is 387 g/mol. The van der Waals surface area contributed by atoms with Crippen LogP contribution in [0.5, 0.6) is 0 Å². The van der Waals surface area contributed by atoms with Gasteiger partial charge in [-0.1, -0.05) is 36.9 Å². The molecule has 1 aromatic carbocycles. The van der Waals surface area contributed by atoms with Gasteiger partial charge in [0.25, 0.3) is 5.56 Å². The number of amides is 1. The second kappa shape index (κ2) is 7.48. The molecule has 5 nitrogen and oxygen atoms in total. The predicted molar refractivity (Wildman–Crippen MR) is 105 cm³/mol. The molecule has 0 N–H and O–H groups in total. The molecule has 0 spiro atoms. The second-order valence-electron chi connectivity index (χ2n) is 6.66. The summed E-state index contributed by atoms with van der Waals surface area (Å²) >= 11 is 2.97. The average molecular weight is 388 g/mol. The average Bonchev–Trinajstić information content (AvgIpc) is 3.30. The topological polar surface area (TPSA) is 55.2 Å². The zero-order valence-corrected chi connectivity index (χ0v) is 16.3. The first kappa shape index (κ1) is 17.7. The maximum atomic E-state index is 13.1. The number of rotatable bonds is 4. The van der Waals surface area contributed by atoms with Crippen LogP contribution in [0.1, 0.15) is 25.5 Å². The van der Waals surface area contributed by atoms with Crippen LogP contribution in [0, 0.1) is 0 Å². The summed E-state index contributed by atoms with van der Waals surface area (Å²) in [4.78, 5) is 33.0. The lowest BCUT2D eigenvalue weighted by molar-refractivity contribution is -0.127. The van der Waals surface area contributed by atoms with Crippen LogP contribution in [0.2, 0.25) is 0 Å². The number of likely N-dealkylation sites (tertiary alicyclic amines) is 1. The maximum Gasteiger partial charge on any atom is 0.272 e. The summed E-state index contributed by atoms with van der Waals surface area (Å²) in [7, 11) is 0. The number of aromatic nitrogens is 2. The highest BCUT2D eigenvalue weighted by Crippen LogP contribution is 2.34. The van der Waals surface area contributed by atoms with Gasteiger partial charge in [-0.3, -0.25) is 14.2 Å². The van der Waals surface area contributed by atoms with E-state index in [1.165, 1.54) is 11.8 Å². The number of hydrogen-bond acceptors (Lipinski definition) is 5. The molecule has 1 fully saturated rings. The van der Waals surface area contributed by atoms with E-state index in [2.05, 4.69) is 6.92 Å². The van der Waals surface area contributed by atoms with Crippen molar-refractivity contribution in [2.75, 3.05) is 18.8 Å². The van der Waals surface area contributed by atoms with Crippen molar-refractivity contribution in [3.05, 3.63) is 46.4 Å². The van der Waals surface area contributed by atoms with Crippen LogP contribution in [-0.4, -0.2) is 44.5 Å². The van der Waals surface area contributed by atoms with Gasteiger partial charge in [-0.15, -0.1) is 11.8 Å². The molecule has 1 atom stereocenters. The summed E-state index contributed by atoms with van der Waals surface area (Å²) in [6.07, 6.45) is 2.97. The van der Waals surface area contributed by atoms with Crippen molar-refractivity contribution in [2.24, 2.45) is 0 Å².